The number of amides is 2. The SMILES string of the molecule is CCCN(CC)C(=O)c1ccc(C(=O)N2CCNCC2c2cccc(F)c2)cc1. The summed E-state index contributed by atoms with van der Waals surface area (Å²) < 4.78 is 13.7. The average molecular weight is 397 g/mol. The van der Waals surface area contributed by atoms with Crippen LogP contribution in [-0.4, -0.2) is 54.3 Å². The van der Waals surface area contributed by atoms with E-state index in [-0.39, 0.29) is 23.7 Å². The Kier molecular flexibility index (Phi) is 6.99. The number of carbonyl (C=O) groups is 2. The monoisotopic (exact) mass is 397 g/mol. The highest BCUT2D eigenvalue weighted by atomic mass is 19.1. The average Bonchev–Trinajstić information content (AvgIpc) is 2.76. The van der Waals surface area contributed by atoms with Gasteiger partial charge in [0.2, 0.25) is 0 Å². The number of benzene rings is 2. The van der Waals surface area contributed by atoms with Gasteiger partial charge < -0.3 is 15.1 Å². The minimum atomic E-state index is -0.309. The van der Waals surface area contributed by atoms with Crippen LogP contribution in [0.5, 0.6) is 0 Å². The highest BCUT2D eigenvalue weighted by Crippen LogP contribution is 2.25. The lowest BCUT2D eigenvalue weighted by molar-refractivity contribution is 0.0633. The minimum absolute atomic E-state index is 0.0202. The van der Waals surface area contributed by atoms with E-state index in [1.54, 1.807) is 40.1 Å². The van der Waals surface area contributed by atoms with Crippen molar-refractivity contribution < 1.29 is 14.0 Å². The molecule has 6 heteroatoms. The third kappa shape index (κ3) is 4.82. The lowest BCUT2D eigenvalue weighted by Crippen LogP contribution is -2.48. The topological polar surface area (TPSA) is 52.7 Å². The maximum atomic E-state index is 13.7. The fourth-order valence-corrected chi connectivity index (χ4v) is 3.74. The fraction of sp³-hybridized carbons (Fsp3) is 0.391. The van der Waals surface area contributed by atoms with Crippen molar-refractivity contribution >= 4 is 11.8 Å². The van der Waals surface area contributed by atoms with Gasteiger partial charge >= 0.3 is 0 Å². The normalized spacial score (nSPS) is 16.5. The van der Waals surface area contributed by atoms with Crippen molar-refractivity contribution in [3.05, 3.63) is 71.0 Å². The molecule has 29 heavy (non-hydrogen) atoms. The van der Waals surface area contributed by atoms with Gasteiger partial charge in [0.1, 0.15) is 5.82 Å². The van der Waals surface area contributed by atoms with Gasteiger partial charge in [-0.2, -0.15) is 0 Å². The van der Waals surface area contributed by atoms with Crippen molar-refractivity contribution in [1.29, 1.82) is 0 Å². The van der Waals surface area contributed by atoms with E-state index in [4.69, 9.17) is 0 Å². The van der Waals surface area contributed by atoms with Crippen molar-refractivity contribution in [3.8, 4) is 0 Å². The van der Waals surface area contributed by atoms with E-state index in [9.17, 15) is 14.0 Å². The lowest BCUT2D eigenvalue weighted by Gasteiger charge is -2.36. The van der Waals surface area contributed by atoms with E-state index in [1.807, 2.05) is 19.9 Å². The number of halogens is 1. The molecule has 1 N–H and O–H groups in total. The van der Waals surface area contributed by atoms with Crippen LogP contribution in [0.4, 0.5) is 4.39 Å². The summed E-state index contributed by atoms with van der Waals surface area (Å²) in [5, 5.41) is 3.28. The standard InChI is InChI=1S/C23H28FN3O2/c1-3-13-26(4-2)22(28)17-8-10-18(11-9-17)23(29)27-14-12-25-16-21(27)19-6-5-7-20(24)15-19/h5-11,15,21,25H,3-4,12-14,16H2,1-2H3. The van der Waals surface area contributed by atoms with Crippen molar-refractivity contribution in [2.24, 2.45) is 0 Å². The molecule has 1 aliphatic heterocycles. The summed E-state index contributed by atoms with van der Waals surface area (Å²) in [6, 6.07) is 13.0. The summed E-state index contributed by atoms with van der Waals surface area (Å²) in [6.45, 7) is 7.18. The van der Waals surface area contributed by atoms with Crippen molar-refractivity contribution in [1.82, 2.24) is 15.1 Å². The van der Waals surface area contributed by atoms with Gasteiger partial charge in [-0.25, -0.2) is 4.39 Å². The lowest BCUT2D eigenvalue weighted by atomic mass is 10.0. The Balaban J connectivity index is 1.79. The first-order valence-electron chi connectivity index (χ1n) is 10.2. The summed E-state index contributed by atoms with van der Waals surface area (Å²) in [6.07, 6.45) is 0.903. The van der Waals surface area contributed by atoms with E-state index >= 15 is 0 Å². The zero-order chi connectivity index (χ0) is 20.8. The van der Waals surface area contributed by atoms with Gasteiger partial charge in [0.05, 0.1) is 6.04 Å². The summed E-state index contributed by atoms with van der Waals surface area (Å²) in [7, 11) is 0. The Labute approximate surface area is 171 Å². The smallest absolute Gasteiger partial charge is 0.254 e. The van der Waals surface area contributed by atoms with Crippen LogP contribution in [0.15, 0.2) is 48.5 Å². The zero-order valence-electron chi connectivity index (χ0n) is 17.0. The minimum Gasteiger partial charge on any atom is -0.339 e. The Bertz CT molecular complexity index is 853. The quantitative estimate of drug-likeness (QED) is 0.812. The maximum absolute atomic E-state index is 13.7. The largest absolute Gasteiger partial charge is 0.339 e. The molecule has 0 radical (unpaired) electrons. The van der Waals surface area contributed by atoms with E-state index in [0.717, 1.165) is 12.0 Å². The highest BCUT2D eigenvalue weighted by Gasteiger charge is 2.29. The number of hydrogen-bond acceptors (Lipinski definition) is 3. The molecule has 2 aromatic rings. The van der Waals surface area contributed by atoms with Gasteiger partial charge in [0, 0.05) is 43.9 Å². The molecule has 1 saturated heterocycles. The molecule has 2 aromatic carbocycles. The molecule has 154 valence electrons. The van der Waals surface area contributed by atoms with Crippen LogP contribution in [0.25, 0.3) is 0 Å². The molecule has 3 rings (SSSR count). The summed E-state index contributed by atoms with van der Waals surface area (Å²) in [4.78, 5) is 29.3. The second kappa shape index (κ2) is 9.65. The van der Waals surface area contributed by atoms with Crippen LogP contribution in [0, 0.1) is 5.82 Å². The van der Waals surface area contributed by atoms with Crippen molar-refractivity contribution in [3.63, 3.8) is 0 Å². The zero-order valence-corrected chi connectivity index (χ0v) is 17.0. The van der Waals surface area contributed by atoms with Gasteiger partial charge in [0.15, 0.2) is 0 Å². The van der Waals surface area contributed by atoms with Gasteiger partial charge in [-0.1, -0.05) is 19.1 Å². The van der Waals surface area contributed by atoms with Crippen LogP contribution in [0.3, 0.4) is 0 Å². The second-order valence-corrected chi connectivity index (χ2v) is 7.24. The first kappa shape index (κ1) is 21.0. The molecule has 1 aliphatic rings. The molecular weight excluding hydrogens is 369 g/mol. The summed E-state index contributed by atoms with van der Waals surface area (Å²) in [5.41, 5.74) is 1.89. The van der Waals surface area contributed by atoms with E-state index in [2.05, 4.69) is 5.32 Å². The molecular formula is C23H28FN3O2. The van der Waals surface area contributed by atoms with Gasteiger partial charge in [-0.15, -0.1) is 0 Å². The second-order valence-electron chi connectivity index (χ2n) is 7.24. The molecule has 5 nitrogen and oxygen atoms in total. The van der Waals surface area contributed by atoms with E-state index < -0.39 is 0 Å². The molecule has 1 heterocycles. The number of carbonyl (C=O) groups excluding carboxylic acids is 2. The molecule has 0 aromatic heterocycles. The van der Waals surface area contributed by atoms with Crippen LogP contribution in [-0.2, 0) is 0 Å². The third-order valence-electron chi connectivity index (χ3n) is 5.28. The summed E-state index contributed by atoms with van der Waals surface area (Å²) in [5.74, 6) is -0.440. The molecule has 0 bridgehead atoms. The fourth-order valence-electron chi connectivity index (χ4n) is 3.74. The van der Waals surface area contributed by atoms with E-state index in [1.165, 1.54) is 12.1 Å². The molecule has 1 atom stereocenters. The highest BCUT2D eigenvalue weighted by molar-refractivity contribution is 5.98. The Morgan fingerprint density at radius 2 is 1.86 bits per heavy atom. The number of nitrogens with zero attached hydrogens (tertiary/aromatic N) is 2. The Morgan fingerprint density at radius 3 is 2.52 bits per heavy atom. The predicted octanol–water partition coefficient (Wildman–Crippen LogP) is 3.48. The third-order valence-corrected chi connectivity index (χ3v) is 5.28. The first-order chi connectivity index (χ1) is 14.0. The predicted molar refractivity (Wildman–Crippen MR) is 111 cm³/mol. The van der Waals surface area contributed by atoms with Gasteiger partial charge in [0.25, 0.3) is 11.8 Å². The molecule has 0 saturated carbocycles. The van der Waals surface area contributed by atoms with Crippen molar-refractivity contribution in [2.45, 2.75) is 26.3 Å². The molecule has 0 aliphatic carbocycles. The maximum Gasteiger partial charge on any atom is 0.254 e. The number of nitrogens with one attached hydrogen (secondary N) is 1. The van der Waals surface area contributed by atoms with Crippen molar-refractivity contribution in [2.75, 3.05) is 32.7 Å². The van der Waals surface area contributed by atoms with Gasteiger partial charge in [-0.05, 0) is 55.3 Å². The molecule has 1 unspecified atom stereocenters. The summed E-state index contributed by atoms with van der Waals surface area (Å²) >= 11 is 0. The number of rotatable bonds is 6. The number of hydrogen-bond donors (Lipinski definition) is 1. The first-order valence-corrected chi connectivity index (χ1v) is 10.2. The van der Waals surface area contributed by atoms with Crippen LogP contribution < -0.4 is 5.32 Å². The molecule has 0 spiro atoms. The van der Waals surface area contributed by atoms with Crippen LogP contribution in [0.2, 0.25) is 0 Å². The van der Waals surface area contributed by atoms with Crippen LogP contribution >= 0.6 is 0 Å². The molecule has 1 fully saturated rings. The molecule has 2 amide bonds. The van der Waals surface area contributed by atoms with Gasteiger partial charge in [-0.3, -0.25) is 9.59 Å². The van der Waals surface area contributed by atoms with E-state index in [0.29, 0.717) is 43.9 Å². The Hall–Kier alpha value is -2.73. The van der Waals surface area contributed by atoms with Crippen LogP contribution in [0.1, 0.15) is 52.6 Å². The Morgan fingerprint density at radius 1 is 1.14 bits per heavy atom. The number of piperazine rings is 1.